The molecular formula is C25H29NO5. The predicted octanol–water partition coefficient (Wildman–Crippen LogP) is 4.95. The van der Waals surface area contributed by atoms with E-state index in [1.165, 1.54) is 12.5 Å². The third-order valence-electron chi connectivity index (χ3n) is 6.14. The van der Waals surface area contributed by atoms with Crippen molar-refractivity contribution >= 4 is 23.3 Å². The number of hydrogen-bond donors (Lipinski definition) is 0. The Bertz CT molecular complexity index is 906. The lowest BCUT2D eigenvalue weighted by molar-refractivity contribution is -0.178. The van der Waals surface area contributed by atoms with Gasteiger partial charge in [0.2, 0.25) is 5.91 Å². The van der Waals surface area contributed by atoms with E-state index in [-0.39, 0.29) is 17.7 Å². The van der Waals surface area contributed by atoms with Gasteiger partial charge in [-0.2, -0.15) is 0 Å². The molecule has 6 nitrogen and oxygen atoms in total. The third kappa shape index (κ3) is 4.65. The first-order valence-corrected chi connectivity index (χ1v) is 11.0. The molecule has 1 amide bonds. The number of carbonyl (C=O) groups is 2. The van der Waals surface area contributed by atoms with Crippen LogP contribution in [0.2, 0.25) is 0 Å². The second-order valence-corrected chi connectivity index (χ2v) is 8.10. The van der Waals surface area contributed by atoms with Gasteiger partial charge in [-0.15, -0.1) is 0 Å². The number of carbonyl (C=O) groups excluding carboxylic acids is 2. The second-order valence-electron chi connectivity index (χ2n) is 8.10. The van der Waals surface area contributed by atoms with Crippen LogP contribution in [0, 0.1) is 0 Å². The van der Waals surface area contributed by atoms with E-state index in [1.807, 2.05) is 12.1 Å². The molecule has 1 aliphatic heterocycles. The molecule has 164 valence electrons. The standard InChI is InChI=1S/C25H29NO5/c1-3-29-24(28)21-6-10-23(11-7-21)26(18(2)27)22-8-4-19(5-9-22)20-12-14-25(15-13-20)30-16-17-31-25/h4-11,20H,3,12-17H2,1-2H3. The van der Waals surface area contributed by atoms with Crippen molar-refractivity contribution in [2.75, 3.05) is 24.7 Å². The number of ether oxygens (including phenoxy) is 3. The molecule has 4 rings (SSSR count). The summed E-state index contributed by atoms with van der Waals surface area (Å²) in [5.41, 5.74) is 3.26. The molecule has 1 spiro atoms. The highest BCUT2D eigenvalue weighted by atomic mass is 16.7. The van der Waals surface area contributed by atoms with Gasteiger partial charge in [0.15, 0.2) is 5.79 Å². The van der Waals surface area contributed by atoms with E-state index >= 15 is 0 Å². The van der Waals surface area contributed by atoms with Crippen molar-refractivity contribution in [1.29, 1.82) is 0 Å². The fraction of sp³-hybridized carbons (Fsp3) is 0.440. The lowest BCUT2D eigenvalue weighted by Gasteiger charge is -2.35. The Hall–Kier alpha value is -2.70. The highest BCUT2D eigenvalue weighted by molar-refractivity contribution is 5.99. The maximum Gasteiger partial charge on any atom is 0.338 e. The van der Waals surface area contributed by atoms with Crippen LogP contribution in [0.3, 0.4) is 0 Å². The van der Waals surface area contributed by atoms with E-state index < -0.39 is 0 Å². The Morgan fingerprint density at radius 2 is 1.52 bits per heavy atom. The summed E-state index contributed by atoms with van der Waals surface area (Å²) in [6.45, 7) is 5.03. The van der Waals surface area contributed by atoms with E-state index in [9.17, 15) is 9.59 Å². The van der Waals surface area contributed by atoms with Gasteiger partial charge in [-0.25, -0.2) is 4.79 Å². The monoisotopic (exact) mass is 423 g/mol. The second kappa shape index (κ2) is 9.20. The molecule has 0 unspecified atom stereocenters. The molecule has 31 heavy (non-hydrogen) atoms. The molecule has 0 bridgehead atoms. The van der Waals surface area contributed by atoms with Gasteiger partial charge in [-0.1, -0.05) is 12.1 Å². The average Bonchev–Trinajstić information content (AvgIpc) is 3.23. The summed E-state index contributed by atoms with van der Waals surface area (Å²) in [6.07, 6.45) is 3.91. The first-order chi connectivity index (χ1) is 15.0. The Morgan fingerprint density at radius 1 is 0.968 bits per heavy atom. The number of nitrogens with zero attached hydrogens (tertiary/aromatic N) is 1. The molecule has 6 heteroatoms. The Labute approximate surface area is 183 Å². The van der Waals surface area contributed by atoms with Crippen LogP contribution in [0.5, 0.6) is 0 Å². The number of benzene rings is 2. The number of esters is 1. The van der Waals surface area contributed by atoms with Crippen LogP contribution in [0.15, 0.2) is 48.5 Å². The summed E-state index contributed by atoms with van der Waals surface area (Å²) in [5, 5.41) is 0. The maximum atomic E-state index is 12.4. The smallest absolute Gasteiger partial charge is 0.338 e. The Kier molecular flexibility index (Phi) is 6.39. The zero-order valence-corrected chi connectivity index (χ0v) is 18.1. The SMILES string of the molecule is CCOC(=O)c1ccc(N(C(C)=O)c2ccc(C3CCC4(CC3)OCCO4)cc2)cc1. The number of anilines is 2. The van der Waals surface area contributed by atoms with Crippen LogP contribution in [-0.4, -0.2) is 37.5 Å². The summed E-state index contributed by atoms with van der Waals surface area (Å²) in [6, 6.07) is 15.1. The van der Waals surface area contributed by atoms with E-state index in [4.69, 9.17) is 14.2 Å². The third-order valence-corrected chi connectivity index (χ3v) is 6.14. The number of rotatable bonds is 5. The summed E-state index contributed by atoms with van der Waals surface area (Å²) < 4.78 is 16.7. The molecule has 0 N–H and O–H groups in total. The first-order valence-electron chi connectivity index (χ1n) is 11.0. The molecule has 2 aliphatic rings. The van der Waals surface area contributed by atoms with Crippen LogP contribution in [0.4, 0.5) is 11.4 Å². The molecular weight excluding hydrogens is 394 g/mol. The molecule has 0 aromatic heterocycles. The normalized spacial score (nSPS) is 18.1. The molecule has 1 heterocycles. The van der Waals surface area contributed by atoms with Crippen molar-refractivity contribution in [3.8, 4) is 0 Å². The van der Waals surface area contributed by atoms with E-state index in [2.05, 4.69) is 12.1 Å². The lowest BCUT2D eigenvalue weighted by Crippen LogP contribution is -2.34. The van der Waals surface area contributed by atoms with Crippen molar-refractivity contribution in [3.63, 3.8) is 0 Å². The quantitative estimate of drug-likeness (QED) is 0.637. The number of hydrogen-bond acceptors (Lipinski definition) is 5. The highest BCUT2D eigenvalue weighted by Crippen LogP contribution is 2.42. The lowest BCUT2D eigenvalue weighted by atomic mass is 9.81. The van der Waals surface area contributed by atoms with Gasteiger partial charge in [-0.3, -0.25) is 9.69 Å². The van der Waals surface area contributed by atoms with Crippen molar-refractivity contribution in [3.05, 3.63) is 59.7 Å². The van der Waals surface area contributed by atoms with Gasteiger partial charge >= 0.3 is 5.97 Å². The van der Waals surface area contributed by atoms with Gasteiger partial charge < -0.3 is 14.2 Å². The van der Waals surface area contributed by atoms with E-state index in [0.29, 0.717) is 37.0 Å². The van der Waals surface area contributed by atoms with E-state index in [0.717, 1.165) is 31.4 Å². The summed E-state index contributed by atoms with van der Waals surface area (Å²) in [7, 11) is 0. The van der Waals surface area contributed by atoms with Gasteiger partial charge in [0.25, 0.3) is 0 Å². The molecule has 2 fully saturated rings. The minimum absolute atomic E-state index is 0.0910. The predicted molar refractivity (Wildman–Crippen MR) is 118 cm³/mol. The minimum Gasteiger partial charge on any atom is -0.462 e. The van der Waals surface area contributed by atoms with Crippen LogP contribution in [0.1, 0.15) is 61.4 Å². The van der Waals surface area contributed by atoms with Crippen LogP contribution in [-0.2, 0) is 19.0 Å². The van der Waals surface area contributed by atoms with Crippen molar-refractivity contribution < 1.29 is 23.8 Å². The summed E-state index contributed by atoms with van der Waals surface area (Å²) in [4.78, 5) is 25.9. The highest BCUT2D eigenvalue weighted by Gasteiger charge is 2.40. The molecule has 0 atom stereocenters. The van der Waals surface area contributed by atoms with Crippen LogP contribution in [0.25, 0.3) is 0 Å². The van der Waals surface area contributed by atoms with Gasteiger partial charge in [0.1, 0.15) is 0 Å². The molecule has 2 aromatic rings. The van der Waals surface area contributed by atoms with Gasteiger partial charge in [0.05, 0.1) is 25.4 Å². The average molecular weight is 424 g/mol. The molecule has 0 radical (unpaired) electrons. The van der Waals surface area contributed by atoms with Crippen molar-refractivity contribution in [2.45, 2.75) is 51.2 Å². The Morgan fingerprint density at radius 3 is 2.03 bits per heavy atom. The summed E-state index contributed by atoms with van der Waals surface area (Å²) in [5.74, 6) is -0.332. The Balaban J connectivity index is 1.47. The molecule has 1 saturated carbocycles. The van der Waals surface area contributed by atoms with Crippen LogP contribution >= 0.6 is 0 Å². The fourth-order valence-electron chi connectivity index (χ4n) is 4.55. The van der Waals surface area contributed by atoms with Gasteiger partial charge in [-0.05, 0) is 67.6 Å². The molecule has 2 aromatic carbocycles. The zero-order valence-electron chi connectivity index (χ0n) is 18.1. The van der Waals surface area contributed by atoms with Crippen molar-refractivity contribution in [2.24, 2.45) is 0 Å². The first kappa shape index (κ1) is 21.5. The summed E-state index contributed by atoms with van der Waals surface area (Å²) >= 11 is 0. The minimum atomic E-state index is -0.365. The van der Waals surface area contributed by atoms with Crippen molar-refractivity contribution in [1.82, 2.24) is 0 Å². The van der Waals surface area contributed by atoms with Gasteiger partial charge in [0, 0.05) is 31.1 Å². The molecule has 1 saturated heterocycles. The number of amides is 1. The van der Waals surface area contributed by atoms with Crippen LogP contribution < -0.4 is 4.90 Å². The topological polar surface area (TPSA) is 65.1 Å². The van der Waals surface area contributed by atoms with E-state index in [1.54, 1.807) is 36.1 Å². The molecule has 1 aliphatic carbocycles. The maximum absolute atomic E-state index is 12.4. The fourth-order valence-corrected chi connectivity index (χ4v) is 4.55. The largest absolute Gasteiger partial charge is 0.462 e. The zero-order chi connectivity index (χ0) is 21.8.